The number of carbonyl (C=O) groups excluding carboxylic acids is 3. The Morgan fingerprint density at radius 3 is 2.59 bits per heavy atom. The Hall–Kier alpha value is -2.97. The summed E-state index contributed by atoms with van der Waals surface area (Å²) in [5.41, 5.74) is 1.98. The molecule has 1 aliphatic rings. The lowest BCUT2D eigenvalue weighted by atomic mass is 10.1. The molecule has 1 aliphatic heterocycles. The Kier molecular flexibility index (Phi) is 7.82. The third-order valence-electron chi connectivity index (χ3n) is 4.53. The second kappa shape index (κ2) is 10.6. The number of rotatable bonds is 8. The van der Waals surface area contributed by atoms with E-state index in [-0.39, 0.29) is 4.91 Å². The zero-order chi connectivity index (χ0) is 23.3. The summed E-state index contributed by atoms with van der Waals surface area (Å²) in [6, 6.07) is 10.4. The number of hydrogen-bond donors (Lipinski definition) is 1. The van der Waals surface area contributed by atoms with Gasteiger partial charge in [0, 0.05) is 22.3 Å². The van der Waals surface area contributed by atoms with Gasteiger partial charge in [0.2, 0.25) is 5.91 Å². The molecular formula is C23H23ClN2O5S. The first-order valence-corrected chi connectivity index (χ1v) is 11.2. The van der Waals surface area contributed by atoms with Crippen LogP contribution < -0.4 is 14.8 Å². The van der Waals surface area contributed by atoms with Crippen molar-refractivity contribution in [1.29, 1.82) is 0 Å². The minimum atomic E-state index is -0.533. The SMILES string of the molecule is CCOc1ccc(/C=C2/SC(=O)N(CC(=O)Nc3cc(Cl)ccc3C)C2=O)c(OCC)c1. The Bertz CT molecular complexity index is 1090. The summed E-state index contributed by atoms with van der Waals surface area (Å²) in [6.07, 6.45) is 1.59. The van der Waals surface area contributed by atoms with E-state index in [2.05, 4.69) is 5.32 Å². The first-order valence-electron chi connectivity index (χ1n) is 10.0. The Morgan fingerprint density at radius 2 is 1.88 bits per heavy atom. The van der Waals surface area contributed by atoms with Gasteiger partial charge in [0.15, 0.2) is 0 Å². The van der Waals surface area contributed by atoms with Crippen molar-refractivity contribution in [3.05, 3.63) is 57.5 Å². The molecule has 32 heavy (non-hydrogen) atoms. The van der Waals surface area contributed by atoms with Crippen LogP contribution in [0.1, 0.15) is 25.0 Å². The van der Waals surface area contributed by atoms with Crippen LogP contribution in [0.25, 0.3) is 6.08 Å². The highest BCUT2D eigenvalue weighted by Gasteiger charge is 2.36. The standard InChI is InChI=1S/C23H23ClN2O5S/c1-4-30-17-9-7-15(19(12-17)31-5-2)10-20-22(28)26(23(29)32-20)13-21(27)25-18-11-16(24)8-6-14(18)3/h6-12H,4-5,13H2,1-3H3,(H,25,27)/b20-10+. The van der Waals surface area contributed by atoms with E-state index >= 15 is 0 Å². The van der Waals surface area contributed by atoms with E-state index in [1.54, 1.807) is 42.5 Å². The minimum absolute atomic E-state index is 0.215. The van der Waals surface area contributed by atoms with Crippen LogP contribution in [-0.2, 0) is 9.59 Å². The van der Waals surface area contributed by atoms with Gasteiger partial charge in [-0.1, -0.05) is 17.7 Å². The van der Waals surface area contributed by atoms with Gasteiger partial charge >= 0.3 is 0 Å². The van der Waals surface area contributed by atoms with E-state index in [0.29, 0.717) is 41.0 Å². The monoisotopic (exact) mass is 474 g/mol. The fourth-order valence-electron chi connectivity index (χ4n) is 3.01. The first kappa shape index (κ1) is 23.7. The molecule has 7 nitrogen and oxygen atoms in total. The van der Waals surface area contributed by atoms with Crippen molar-refractivity contribution >= 4 is 52.2 Å². The van der Waals surface area contributed by atoms with Crippen molar-refractivity contribution in [1.82, 2.24) is 4.90 Å². The number of nitrogens with one attached hydrogen (secondary N) is 1. The molecule has 1 N–H and O–H groups in total. The van der Waals surface area contributed by atoms with Crippen LogP contribution >= 0.6 is 23.4 Å². The number of benzene rings is 2. The third kappa shape index (κ3) is 5.63. The molecule has 0 unspecified atom stereocenters. The third-order valence-corrected chi connectivity index (χ3v) is 5.67. The first-order chi connectivity index (χ1) is 15.3. The number of halogens is 1. The maximum Gasteiger partial charge on any atom is 0.294 e. The molecule has 0 aliphatic carbocycles. The van der Waals surface area contributed by atoms with E-state index in [0.717, 1.165) is 22.2 Å². The molecular weight excluding hydrogens is 452 g/mol. The van der Waals surface area contributed by atoms with E-state index in [9.17, 15) is 14.4 Å². The summed E-state index contributed by atoms with van der Waals surface area (Å²) in [4.78, 5) is 38.8. The number of ether oxygens (including phenoxy) is 2. The normalized spacial score (nSPS) is 14.8. The zero-order valence-corrected chi connectivity index (χ0v) is 19.5. The molecule has 0 radical (unpaired) electrons. The van der Waals surface area contributed by atoms with Crippen molar-refractivity contribution in [2.45, 2.75) is 20.8 Å². The molecule has 3 amide bonds. The van der Waals surface area contributed by atoms with Crippen molar-refractivity contribution in [3.8, 4) is 11.5 Å². The molecule has 1 heterocycles. The van der Waals surface area contributed by atoms with Gasteiger partial charge in [-0.25, -0.2) is 0 Å². The van der Waals surface area contributed by atoms with E-state index < -0.39 is 23.6 Å². The molecule has 1 saturated heterocycles. The van der Waals surface area contributed by atoms with E-state index in [4.69, 9.17) is 21.1 Å². The van der Waals surface area contributed by atoms with Crippen LogP contribution in [0.15, 0.2) is 41.3 Å². The van der Waals surface area contributed by atoms with Crippen molar-refractivity contribution in [2.24, 2.45) is 0 Å². The zero-order valence-electron chi connectivity index (χ0n) is 17.9. The van der Waals surface area contributed by atoms with Gasteiger partial charge in [-0.2, -0.15) is 0 Å². The molecule has 0 saturated carbocycles. The van der Waals surface area contributed by atoms with Crippen LogP contribution in [0.3, 0.4) is 0 Å². The van der Waals surface area contributed by atoms with E-state index in [1.165, 1.54) is 0 Å². The Balaban J connectivity index is 1.76. The summed E-state index contributed by atoms with van der Waals surface area (Å²) in [6.45, 7) is 6.11. The average molecular weight is 475 g/mol. The van der Waals surface area contributed by atoms with Crippen LogP contribution in [0.4, 0.5) is 10.5 Å². The summed E-state index contributed by atoms with van der Waals surface area (Å²) in [5.74, 6) is 0.165. The maximum atomic E-state index is 12.8. The number of carbonyl (C=O) groups is 3. The van der Waals surface area contributed by atoms with Gasteiger partial charge < -0.3 is 14.8 Å². The molecule has 1 fully saturated rings. The minimum Gasteiger partial charge on any atom is -0.494 e. The van der Waals surface area contributed by atoms with Crippen LogP contribution in [0, 0.1) is 6.92 Å². The number of imide groups is 1. The molecule has 2 aromatic rings. The molecule has 3 rings (SSSR count). The second-order valence-electron chi connectivity index (χ2n) is 6.84. The summed E-state index contributed by atoms with van der Waals surface area (Å²) in [7, 11) is 0. The predicted octanol–water partition coefficient (Wildman–Crippen LogP) is 5.12. The van der Waals surface area contributed by atoms with Gasteiger partial charge in [0.1, 0.15) is 18.0 Å². The number of thioether (sulfide) groups is 1. The smallest absolute Gasteiger partial charge is 0.294 e. The lowest BCUT2D eigenvalue weighted by molar-refractivity contribution is -0.127. The van der Waals surface area contributed by atoms with Gasteiger partial charge in [-0.15, -0.1) is 0 Å². The number of amides is 3. The molecule has 2 aromatic carbocycles. The summed E-state index contributed by atoms with van der Waals surface area (Å²) >= 11 is 6.76. The fraction of sp³-hybridized carbons (Fsp3) is 0.261. The van der Waals surface area contributed by atoms with Gasteiger partial charge in [0.25, 0.3) is 11.1 Å². The van der Waals surface area contributed by atoms with Crippen molar-refractivity contribution in [3.63, 3.8) is 0 Å². The average Bonchev–Trinajstić information content (AvgIpc) is 3.00. The largest absolute Gasteiger partial charge is 0.494 e. The Morgan fingerprint density at radius 1 is 1.12 bits per heavy atom. The number of anilines is 1. The topological polar surface area (TPSA) is 84.9 Å². The lowest BCUT2D eigenvalue weighted by Gasteiger charge is -2.14. The van der Waals surface area contributed by atoms with Crippen molar-refractivity contribution in [2.75, 3.05) is 25.1 Å². The molecule has 0 bridgehead atoms. The van der Waals surface area contributed by atoms with Gasteiger partial charge in [0.05, 0.1) is 18.1 Å². The van der Waals surface area contributed by atoms with E-state index in [1.807, 2.05) is 20.8 Å². The quantitative estimate of drug-likeness (QED) is 0.534. The highest BCUT2D eigenvalue weighted by atomic mass is 35.5. The molecule has 9 heteroatoms. The van der Waals surface area contributed by atoms with Crippen LogP contribution in [0.5, 0.6) is 11.5 Å². The van der Waals surface area contributed by atoms with Gasteiger partial charge in [-0.3, -0.25) is 19.3 Å². The maximum absolute atomic E-state index is 12.8. The number of aryl methyl sites for hydroxylation is 1. The highest BCUT2D eigenvalue weighted by Crippen LogP contribution is 2.35. The number of hydrogen-bond acceptors (Lipinski definition) is 6. The van der Waals surface area contributed by atoms with Crippen molar-refractivity contribution < 1.29 is 23.9 Å². The molecule has 0 aromatic heterocycles. The van der Waals surface area contributed by atoms with Crippen LogP contribution in [0.2, 0.25) is 5.02 Å². The second-order valence-corrected chi connectivity index (χ2v) is 8.27. The molecule has 0 spiro atoms. The lowest BCUT2D eigenvalue weighted by Crippen LogP contribution is -2.36. The molecule has 168 valence electrons. The van der Waals surface area contributed by atoms with Gasteiger partial charge in [-0.05, 0) is 68.4 Å². The summed E-state index contributed by atoms with van der Waals surface area (Å²) < 4.78 is 11.1. The number of nitrogens with zero attached hydrogens (tertiary/aromatic N) is 1. The predicted molar refractivity (Wildman–Crippen MR) is 126 cm³/mol. The Labute approximate surface area is 195 Å². The van der Waals surface area contributed by atoms with Crippen LogP contribution in [-0.4, -0.2) is 41.7 Å². The highest BCUT2D eigenvalue weighted by molar-refractivity contribution is 8.18. The fourth-order valence-corrected chi connectivity index (χ4v) is 4.01. The summed E-state index contributed by atoms with van der Waals surface area (Å²) in [5, 5.41) is 2.66. The molecule has 0 atom stereocenters.